The molecule has 154 valence electrons. The average Bonchev–Trinajstić information content (AvgIpc) is 3.08. The van der Waals surface area contributed by atoms with Crippen molar-refractivity contribution in [2.45, 2.75) is 44.7 Å². The molecule has 1 heterocycles. The van der Waals surface area contributed by atoms with Crippen LogP contribution in [-0.4, -0.2) is 13.6 Å². The van der Waals surface area contributed by atoms with Crippen molar-refractivity contribution in [1.29, 1.82) is 0 Å². The van der Waals surface area contributed by atoms with E-state index in [1.807, 2.05) is 52.8 Å². The van der Waals surface area contributed by atoms with Crippen molar-refractivity contribution in [3.63, 3.8) is 0 Å². The highest BCUT2D eigenvalue weighted by atomic mass is 32.2. The van der Waals surface area contributed by atoms with Crippen molar-refractivity contribution in [2.24, 2.45) is 4.15 Å². The van der Waals surface area contributed by atoms with Gasteiger partial charge in [0.25, 0.3) is 10.0 Å². The lowest BCUT2D eigenvalue weighted by Gasteiger charge is -2.34. The molecule has 3 rings (SSSR count). The van der Waals surface area contributed by atoms with Crippen molar-refractivity contribution in [1.82, 2.24) is 0 Å². The molecule has 29 heavy (non-hydrogen) atoms. The second kappa shape index (κ2) is 7.85. The molecule has 0 saturated heterocycles. The minimum Gasteiger partial charge on any atom is -0.457 e. The number of benzene rings is 2. The van der Waals surface area contributed by atoms with E-state index in [1.54, 1.807) is 48.5 Å². The maximum Gasteiger partial charge on any atom is 0.284 e. The van der Waals surface area contributed by atoms with Crippen molar-refractivity contribution < 1.29 is 17.4 Å². The summed E-state index contributed by atoms with van der Waals surface area (Å²) in [6, 6.07) is 19.4. The first kappa shape index (κ1) is 21.4. The van der Waals surface area contributed by atoms with E-state index in [1.165, 1.54) is 0 Å². The van der Waals surface area contributed by atoms with Gasteiger partial charge in [0.2, 0.25) is 7.28 Å². The third-order valence-electron chi connectivity index (χ3n) is 4.46. The normalized spacial score (nSPS) is 14.2. The van der Waals surface area contributed by atoms with Gasteiger partial charge in [0.05, 0.1) is 4.90 Å². The average molecular weight is 431 g/mol. The van der Waals surface area contributed by atoms with Crippen molar-refractivity contribution in [3.8, 4) is 5.75 Å². The van der Waals surface area contributed by atoms with Crippen LogP contribution in [-0.2, 0) is 10.0 Å². The second-order valence-corrected chi connectivity index (χ2v) is 13.1. The minimum atomic E-state index is -3.99. The van der Waals surface area contributed by atoms with Gasteiger partial charge in [-0.2, -0.15) is 8.42 Å². The molecule has 0 spiro atoms. The van der Waals surface area contributed by atoms with Crippen LogP contribution in [0.5, 0.6) is 5.75 Å². The van der Waals surface area contributed by atoms with Gasteiger partial charge in [0.1, 0.15) is 11.5 Å². The van der Waals surface area contributed by atoms with Crippen LogP contribution >= 0.6 is 7.28 Å². The summed E-state index contributed by atoms with van der Waals surface area (Å²) in [6.45, 7) is 9.50. The Morgan fingerprint density at radius 2 is 1.52 bits per heavy atom. The van der Waals surface area contributed by atoms with Gasteiger partial charge >= 0.3 is 0 Å². The number of nitrogens with zero attached hydrogens (tertiary/aromatic N) is 1. The standard InChI is InChI=1S/C22H26NO4PS/c1-17-11-14-20(15-12-17)29(24,25)23-28(22(3,4)5,21-16-13-18(2)26-21)27-19-9-7-6-8-10-19/h6-16H,1-5H3. The van der Waals surface area contributed by atoms with Gasteiger partial charge in [-0.05, 0) is 50.2 Å². The predicted molar refractivity (Wildman–Crippen MR) is 118 cm³/mol. The van der Waals surface area contributed by atoms with Crippen LogP contribution < -0.4 is 10.0 Å². The lowest BCUT2D eigenvalue weighted by atomic mass is 10.2. The number of hydrogen-bond acceptors (Lipinski definition) is 4. The maximum atomic E-state index is 13.3. The molecular formula is C22H26NO4PS. The van der Waals surface area contributed by atoms with Crippen LogP contribution in [0.2, 0.25) is 0 Å². The zero-order valence-electron chi connectivity index (χ0n) is 17.3. The Kier molecular flexibility index (Phi) is 5.79. The van der Waals surface area contributed by atoms with Crippen LogP contribution in [0.1, 0.15) is 32.1 Å². The Hall–Kier alpha value is -2.30. The van der Waals surface area contributed by atoms with E-state index < -0.39 is 22.5 Å². The van der Waals surface area contributed by atoms with Gasteiger partial charge < -0.3 is 8.94 Å². The van der Waals surface area contributed by atoms with Gasteiger partial charge in [0, 0.05) is 5.16 Å². The molecular weight excluding hydrogens is 405 g/mol. The number of rotatable bonds is 5. The highest BCUT2D eigenvalue weighted by Crippen LogP contribution is 2.61. The quantitative estimate of drug-likeness (QED) is 0.471. The largest absolute Gasteiger partial charge is 0.457 e. The fourth-order valence-corrected chi connectivity index (χ4v) is 8.32. The summed E-state index contributed by atoms with van der Waals surface area (Å²) in [6.07, 6.45) is 0. The van der Waals surface area contributed by atoms with E-state index in [9.17, 15) is 8.42 Å². The molecule has 1 atom stereocenters. The fourth-order valence-electron chi connectivity index (χ4n) is 2.82. The van der Waals surface area contributed by atoms with Crippen molar-refractivity contribution >= 4 is 22.8 Å². The molecule has 2 aromatic carbocycles. The first-order chi connectivity index (χ1) is 13.5. The summed E-state index contributed by atoms with van der Waals surface area (Å²) in [7, 11) is -7.15. The topological polar surface area (TPSA) is 68.9 Å². The number of furan rings is 1. The van der Waals surface area contributed by atoms with E-state index in [0.29, 0.717) is 17.0 Å². The number of aryl methyl sites for hydroxylation is 2. The summed E-state index contributed by atoms with van der Waals surface area (Å²) in [5.41, 5.74) is 1.42. The molecule has 0 amide bonds. The van der Waals surface area contributed by atoms with Crippen LogP contribution in [0.3, 0.4) is 0 Å². The third-order valence-corrected chi connectivity index (χ3v) is 10.2. The zero-order chi connectivity index (χ0) is 21.3. The van der Waals surface area contributed by atoms with Gasteiger partial charge in [-0.1, -0.05) is 56.7 Å². The molecule has 1 unspecified atom stereocenters. The Labute approximate surface area is 172 Å². The lowest BCUT2D eigenvalue weighted by molar-refractivity contribution is 0.526. The van der Waals surface area contributed by atoms with Crippen LogP contribution in [0.15, 0.2) is 80.2 Å². The monoisotopic (exact) mass is 431 g/mol. The molecule has 0 bridgehead atoms. The van der Waals surface area contributed by atoms with E-state index in [-0.39, 0.29) is 4.90 Å². The van der Waals surface area contributed by atoms with Crippen LogP contribution in [0.25, 0.3) is 0 Å². The van der Waals surface area contributed by atoms with Crippen LogP contribution in [0, 0.1) is 13.8 Å². The Balaban J connectivity index is 2.31. The molecule has 0 aliphatic heterocycles. The number of para-hydroxylation sites is 1. The maximum absolute atomic E-state index is 13.3. The molecule has 1 aromatic heterocycles. The molecule has 3 aromatic rings. The van der Waals surface area contributed by atoms with Crippen molar-refractivity contribution in [2.75, 3.05) is 0 Å². The second-order valence-electron chi connectivity index (χ2n) is 7.91. The summed E-state index contributed by atoms with van der Waals surface area (Å²) < 4.78 is 43.4. The van der Waals surface area contributed by atoms with Gasteiger partial charge in [-0.3, -0.25) is 0 Å². The Morgan fingerprint density at radius 3 is 2.03 bits per heavy atom. The molecule has 0 aliphatic carbocycles. The highest BCUT2D eigenvalue weighted by Gasteiger charge is 2.43. The SMILES string of the molecule is Cc1ccc(S(=O)(=O)N=P(Oc2ccccc2)(c2ccc(C)o2)C(C)(C)C)cc1. The number of sulfonamides is 1. The molecule has 0 N–H and O–H groups in total. The number of hydrogen-bond donors (Lipinski definition) is 0. The smallest absolute Gasteiger partial charge is 0.284 e. The van der Waals surface area contributed by atoms with E-state index in [4.69, 9.17) is 8.94 Å². The Morgan fingerprint density at radius 1 is 0.897 bits per heavy atom. The summed E-state index contributed by atoms with van der Waals surface area (Å²) in [5, 5.41) is -0.634. The summed E-state index contributed by atoms with van der Waals surface area (Å²) in [4.78, 5) is 0.136. The van der Waals surface area contributed by atoms with Gasteiger partial charge in [-0.15, -0.1) is 4.15 Å². The molecule has 7 heteroatoms. The van der Waals surface area contributed by atoms with Gasteiger partial charge in [0.15, 0.2) is 5.50 Å². The first-order valence-electron chi connectivity index (χ1n) is 9.30. The zero-order valence-corrected chi connectivity index (χ0v) is 19.0. The minimum absolute atomic E-state index is 0.136. The Bertz CT molecular complexity index is 1140. The first-order valence-corrected chi connectivity index (χ1v) is 12.4. The van der Waals surface area contributed by atoms with Crippen molar-refractivity contribution in [3.05, 3.63) is 78.1 Å². The molecule has 5 nitrogen and oxygen atoms in total. The molecule has 0 radical (unpaired) electrons. The van der Waals surface area contributed by atoms with Crippen LogP contribution in [0.4, 0.5) is 0 Å². The highest BCUT2D eigenvalue weighted by molar-refractivity contribution is 7.95. The molecule has 0 saturated carbocycles. The van der Waals surface area contributed by atoms with E-state index in [0.717, 1.165) is 5.56 Å². The van der Waals surface area contributed by atoms with Gasteiger partial charge in [-0.25, -0.2) is 0 Å². The summed E-state index contributed by atoms with van der Waals surface area (Å²) >= 11 is 0. The lowest BCUT2D eigenvalue weighted by Crippen LogP contribution is -2.27. The molecule has 0 fully saturated rings. The predicted octanol–water partition coefficient (Wildman–Crippen LogP) is 5.90. The van der Waals surface area contributed by atoms with E-state index in [2.05, 4.69) is 4.15 Å². The van der Waals surface area contributed by atoms with E-state index >= 15 is 0 Å². The summed E-state index contributed by atoms with van der Waals surface area (Å²) in [5.74, 6) is 1.22. The third kappa shape index (κ3) is 4.49. The molecule has 0 aliphatic rings. The fraction of sp³-hybridized carbons (Fsp3) is 0.273.